The molecule has 1 atom stereocenters. The maximum atomic E-state index is 12.8. The number of aliphatic hydroxyl groups excluding tert-OH is 1. The first kappa shape index (κ1) is 17.4. The van der Waals surface area contributed by atoms with Crippen molar-refractivity contribution in [3.8, 4) is 11.5 Å². The van der Waals surface area contributed by atoms with E-state index in [2.05, 4.69) is 0 Å². The second kappa shape index (κ2) is 8.07. The summed E-state index contributed by atoms with van der Waals surface area (Å²) < 4.78 is 16.0. The van der Waals surface area contributed by atoms with Gasteiger partial charge in [-0.3, -0.25) is 4.79 Å². The van der Waals surface area contributed by atoms with E-state index in [0.29, 0.717) is 31.6 Å². The molecular formula is C19H23NO5. The lowest BCUT2D eigenvalue weighted by Crippen LogP contribution is -2.41. The normalized spacial score (nSPS) is 13.7. The molecule has 1 amide bonds. The summed E-state index contributed by atoms with van der Waals surface area (Å²) in [6.07, 6.45) is 3.24. The van der Waals surface area contributed by atoms with Crippen LogP contribution in [0, 0.1) is 0 Å². The zero-order chi connectivity index (χ0) is 17.6. The molecule has 0 fully saturated rings. The van der Waals surface area contributed by atoms with Crippen LogP contribution in [0.1, 0.15) is 31.1 Å². The topological polar surface area (TPSA) is 72.1 Å². The van der Waals surface area contributed by atoms with Gasteiger partial charge < -0.3 is 23.9 Å². The van der Waals surface area contributed by atoms with Gasteiger partial charge in [0.05, 0.1) is 25.5 Å². The molecule has 1 aromatic carbocycles. The third-order valence-electron chi connectivity index (χ3n) is 4.41. The number of hydrogen-bond donors (Lipinski definition) is 1. The third-order valence-corrected chi connectivity index (χ3v) is 4.41. The van der Waals surface area contributed by atoms with Crippen LogP contribution in [0.25, 0.3) is 0 Å². The van der Waals surface area contributed by atoms with Crippen LogP contribution in [0.5, 0.6) is 11.5 Å². The Hall–Kier alpha value is -2.47. The van der Waals surface area contributed by atoms with Crippen LogP contribution in [0.15, 0.2) is 41.0 Å². The van der Waals surface area contributed by atoms with Gasteiger partial charge in [0.1, 0.15) is 5.76 Å². The van der Waals surface area contributed by atoms with Gasteiger partial charge in [-0.1, -0.05) is 13.0 Å². The smallest absolute Gasteiger partial charge is 0.231 e. The van der Waals surface area contributed by atoms with Crippen molar-refractivity contribution in [3.05, 3.63) is 47.9 Å². The highest BCUT2D eigenvalue weighted by molar-refractivity contribution is 5.76. The minimum absolute atomic E-state index is 0.00466. The van der Waals surface area contributed by atoms with E-state index in [-0.39, 0.29) is 25.3 Å². The van der Waals surface area contributed by atoms with Crippen molar-refractivity contribution in [3.63, 3.8) is 0 Å². The molecule has 1 N–H and O–H groups in total. The molecule has 0 aliphatic carbocycles. The Labute approximate surface area is 147 Å². The highest BCUT2D eigenvalue weighted by atomic mass is 16.7. The molecule has 1 aliphatic rings. The van der Waals surface area contributed by atoms with Gasteiger partial charge in [0.15, 0.2) is 11.5 Å². The van der Waals surface area contributed by atoms with Gasteiger partial charge in [0.25, 0.3) is 0 Å². The van der Waals surface area contributed by atoms with Crippen LogP contribution in [-0.2, 0) is 17.8 Å². The number of benzene rings is 1. The molecule has 6 nitrogen and oxygen atoms in total. The predicted octanol–water partition coefficient (Wildman–Crippen LogP) is 2.74. The van der Waals surface area contributed by atoms with Crippen LogP contribution in [0.3, 0.4) is 0 Å². The molecule has 2 heterocycles. The Morgan fingerprint density at radius 2 is 2.12 bits per heavy atom. The number of aryl methyl sites for hydroxylation is 1. The third kappa shape index (κ3) is 4.14. The number of aliphatic hydroxyl groups is 1. The summed E-state index contributed by atoms with van der Waals surface area (Å²) in [5, 5.41) is 9.61. The summed E-state index contributed by atoms with van der Waals surface area (Å²) >= 11 is 0. The molecule has 6 heteroatoms. The molecule has 3 rings (SSSR count). The molecule has 1 unspecified atom stereocenters. The number of carbonyl (C=O) groups excluding carboxylic acids is 1. The second-order valence-corrected chi connectivity index (χ2v) is 6.03. The van der Waals surface area contributed by atoms with E-state index in [1.807, 2.05) is 31.2 Å². The first-order valence-electron chi connectivity index (χ1n) is 8.52. The molecule has 0 radical (unpaired) electrons. The van der Waals surface area contributed by atoms with Crippen LogP contribution >= 0.6 is 0 Å². The quantitative estimate of drug-likeness (QED) is 0.796. The summed E-state index contributed by atoms with van der Waals surface area (Å²) in [6.45, 7) is 2.50. The average molecular weight is 345 g/mol. The van der Waals surface area contributed by atoms with Crippen molar-refractivity contribution in [2.75, 3.05) is 13.4 Å². The van der Waals surface area contributed by atoms with Crippen molar-refractivity contribution in [1.82, 2.24) is 4.90 Å². The zero-order valence-corrected chi connectivity index (χ0v) is 14.3. The fourth-order valence-corrected chi connectivity index (χ4v) is 2.93. The maximum Gasteiger partial charge on any atom is 0.231 e. The number of carbonyl (C=O) groups is 1. The van der Waals surface area contributed by atoms with Crippen LogP contribution in [0.2, 0.25) is 0 Å². The van der Waals surface area contributed by atoms with Gasteiger partial charge >= 0.3 is 0 Å². The summed E-state index contributed by atoms with van der Waals surface area (Å²) in [4.78, 5) is 14.5. The molecule has 25 heavy (non-hydrogen) atoms. The molecule has 0 saturated heterocycles. The Bertz CT molecular complexity index is 694. The van der Waals surface area contributed by atoms with Gasteiger partial charge in [-0.15, -0.1) is 0 Å². The molecule has 0 spiro atoms. The van der Waals surface area contributed by atoms with Crippen molar-refractivity contribution >= 4 is 5.91 Å². The maximum absolute atomic E-state index is 12.8. The van der Waals surface area contributed by atoms with Gasteiger partial charge in [-0.2, -0.15) is 0 Å². The van der Waals surface area contributed by atoms with Crippen LogP contribution < -0.4 is 9.47 Å². The van der Waals surface area contributed by atoms with Gasteiger partial charge in [0.2, 0.25) is 12.7 Å². The first-order valence-corrected chi connectivity index (χ1v) is 8.52. The fourth-order valence-electron chi connectivity index (χ4n) is 2.93. The number of amides is 1. The first-order chi connectivity index (χ1) is 12.2. The Morgan fingerprint density at radius 3 is 2.84 bits per heavy atom. The van der Waals surface area contributed by atoms with E-state index in [0.717, 1.165) is 17.1 Å². The standard InChI is InChI=1S/C19H23NO5/c1-2-15(12-21)20(11-16-4-3-9-23-16)19(22)8-6-14-5-7-17-18(10-14)25-13-24-17/h3-5,7,9-10,15,21H,2,6,8,11-13H2,1H3. The number of ether oxygens (including phenoxy) is 2. The van der Waals surface area contributed by atoms with Crippen LogP contribution in [-0.4, -0.2) is 35.4 Å². The average Bonchev–Trinajstić information content (AvgIpc) is 3.30. The molecule has 2 aromatic rings. The second-order valence-electron chi connectivity index (χ2n) is 6.03. The highest BCUT2D eigenvalue weighted by Gasteiger charge is 2.23. The van der Waals surface area contributed by atoms with Gasteiger partial charge in [-0.05, 0) is 42.7 Å². The van der Waals surface area contributed by atoms with Crippen molar-refractivity contribution in [2.24, 2.45) is 0 Å². The molecular weight excluding hydrogens is 322 g/mol. The van der Waals surface area contributed by atoms with Crippen molar-refractivity contribution < 1.29 is 23.8 Å². The number of fused-ring (bicyclic) bond motifs is 1. The molecule has 0 saturated carbocycles. The Kier molecular flexibility index (Phi) is 5.60. The summed E-state index contributed by atoms with van der Waals surface area (Å²) in [5.41, 5.74) is 1.02. The SMILES string of the molecule is CCC(CO)N(Cc1ccco1)C(=O)CCc1ccc2c(c1)OCO2. The number of furan rings is 1. The number of rotatable bonds is 8. The summed E-state index contributed by atoms with van der Waals surface area (Å²) in [6, 6.07) is 9.14. The molecule has 0 bridgehead atoms. The monoisotopic (exact) mass is 345 g/mol. The Morgan fingerprint density at radius 1 is 1.28 bits per heavy atom. The lowest BCUT2D eigenvalue weighted by Gasteiger charge is -2.29. The summed E-state index contributed by atoms with van der Waals surface area (Å²) in [5.74, 6) is 2.17. The van der Waals surface area contributed by atoms with E-state index >= 15 is 0 Å². The van der Waals surface area contributed by atoms with E-state index < -0.39 is 0 Å². The molecule has 134 valence electrons. The van der Waals surface area contributed by atoms with Gasteiger partial charge in [0, 0.05) is 6.42 Å². The van der Waals surface area contributed by atoms with E-state index in [9.17, 15) is 9.90 Å². The Balaban J connectivity index is 1.65. The lowest BCUT2D eigenvalue weighted by atomic mass is 10.1. The lowest BCUT2D eigenvalue weighted by molar-refractivity contribution is -0.135. The van der Waals surface area contributed by atoms with Crippen molar-refractivity contribution in [1.29, 1.82) is 0 Å². The fraction of sp³-hybridized carbons (Fsp3) is 0.421. The minimum Gasteiger partial charge on any atom is -0.467 e. The van der Waals surface area contributed by atoms with E-state index in [1.165, 1.54) is 0 Å². The minimum atomic E-state index is -0.214. The molecule has 1 aromatic heterocycles. The zero-order valence-electron chi connectivity index (χ0n) is 14.3. The number of hydrogen-bond acceptors (Lipinski definition) is 5. The largest absolute Gasteiger partial charge is 0.467 e. The van der Waals surface area contributed by atoms with E-state index in [1.54, 1.807) is 17.2 Å². The summed E-state index contributed by atoms with van der Waals surface area (Å²) in [7, 11) is 0. The molecule has 1 aliphatic heterocycles. The van der Waals surface area contributed by atoms with E-state index in [4.69, 9.17) is 13.9 Å². The predicted molar refractivity (Wildman–Crippen MR) is 91.3 cm³/mol. The van der Waals surface area contributed by atoms with Gasteiger partial charge in [-0.25, -0.2) is 0 Å². The highest BCUT2D eigenvalue weighted by Crippen LogP contribution is 2.32. The van der Waals surface area contributed by atoms with Crippen LogP contribution in [0.4, 0.5) is 0 Å². The number of nitrogens with zero attached hydrogens (tertiary/aromatic N) is 1. The van der Waals surface area contributed by atoms with Crippen molar-refractivity contribution in [2.45, 2.75) is 38.8 Å².